The molecule has 1 unspecified atom stereocenters. The molecule has 1 atom stereocenters. The molecule has 1 heterocycles. The van der Waals surface area contributed by atoms with E-state index < -0.39 is 23.4 Å². The summed E-state index contributed by atoms with van der Waals surface area (Å²) in [6, 6.07) is 9.83. The number of aliphatic hydroxyl groups is 1. The van der Waals surface area contributed by atoms with Crippen molar-refractivity contribution in [2.24, 2.45) is 0 Å². The maximum Gasteiger partial charge on any atom is 0.416 e. The fraction of sp³-hybridized carbons (Fsp3) is 0.333. The minimum absolute atomic E-state index is 0.0975. The summed E-state index contributed by atoms with van der Waals surface area (Å²) in [5.41, 5.74) is -0.553. The van der Waals surface area contributed by atoms with Crippen molar-refractivity contribution in [3.8, 4) is 22.9 Å². The third kappa shape index (κ3) is 6.49. The average molecular weight is 526 g/mol. The van der Waals surface area contributed by atoms with Gasteiger partial charge in [0, 0.05) is 52.3 Å². The van der Waals surface area contributed by atoms with Crippen molar-refractivity contribution < 1.29 is 23.0 Å². The van der Waals surface area contributed by atoms with Gasteiger partial charge in [-0.2, -0.15) is 18.4 Å². The molecule has 35 heavy (non-hydrogen) atoms. The number of ether oxygens (including phenoxy) is 1. The monoisotopic (exact) mass is 525 g/mol. The highest BCUT2D eigenvalue weighted by Crippen LogP contribution is 2.42. The summed E-state index contributed by atoms with van der Waals surface area (Å²) in [7, 11) is 3.17. The number of hydrogen-bond donors (Lipinski definition) is 2. The molecule has 3 rings (SSSR count). The van der Waals surface area contributed by atoms with Crippen LogP contribution in [-0.4, -0.2) is 54.1 Å². The number of aromatic nitrogens is 1. The molecule has 0 saturated heterocycles. The van der Waals surface area contributed by atoms with E-state index in [2.05, 4.69) is 4.98 Å². The smallest absolute Gasteiger partial charge is 0.416 e. The molecular weight excluding hydrogens is 503 g/mol. The van der Waals surface area contributed by atoms with Crippen molar-refractivity contribution >= 4 is 34.3 Å². The van der Waals surface area contributed by atoms with Crippen LogP contribution in [0.1, 0.15) is 12.0 Å². The van der Waals surface area contributed by atoms with Crippen LogP contribution in [0.2, 0.25) is 5.02 Å². The lowest BCUT2D eigenvalue weighted by Crippen LogP contribution is -2.31. The van der Waals surface area contributed by atoms with Crippen LogP contribution in [0.25, 0.3) is 22.0 Å². The number of rotatable bonds is 9. The van der Waals surface area contributed by atoms with Gasteiger partial charge >= 0.3 is 6.18 Å². The SMILES string of the molecule is COc1ccc(Cl)cc1-c1c(SCC(O)CN(C)CCC#N)c(=O)[nH]c2ccc(C(F)(F)F)cc12. The molecule has 186 valence electrons. The zero-order valence-corrected chi connectivity index (χ0v) is 20.5. The van der Waals surface area contributed by atoms with Gasteiger partial charge in [0.05, 0.1) is 29.7 Å². The Hall–Kier alpha value is -2.71. The summed E-state index contributed by atoms with van der Waals surface area (Å²) in [4.78, 5) is 17.6. The number of fused-ring (bicyclic) bond motifs is 1. The lowest BCUT2D eigenvalue weighted by atomic mass is 9.98. The maximum absolute atomic E-state index is 13.5. The molecule has 0 bridgehead atoms. The van der Waals surface area contributed by atoms with Gasteiger partial charge in [0.1, 0.15) is 5.75 Å². The summed E-state index contributed by atoms with van der Waals surface area (Å²) in [5, 5.41) is 19.7. The lowest BCUT2D eigenvalue weighted by Gasteiger charge is -2.20. The summed E-state index contributed by atoms with van der Waals surface area (Å²) in [5.74, 6) is 0.428. The molecule has 0 saturated carbocycles. The second-order valence-electron chi connectivity index (χ2n) is 7.90. The lowest BCUT2D eigenvalue weighted by molar-refractivity contribution is -0.137. The van der Waals surface area contributed by atoms with E-state index in [0.717, 1.165) is 23.9 Å². The number of nitriles is 1. The topological polar surface area (TPSA) is 89.3 Å². The average Bonchev–Trinajstić information content (AvgIpc) is 2.80. The van der Waals surface area contributed by atoms with E-state index in [4.69, 9.17) is 21.6 Å². The first-order valence-electron chi connectivity index (χ1n) is 10.5. The highest BCUT2D eigenvalue weighted by Gasteiger charge is 2.31. The zero-order chi connectivity index (χ0) is 25.8. The first-order valence-corrected chi connectivity index (χ1v) is 11.9. The first-order chi connectivity index (χ1) is 16.5. The van der Waals surface area contributed by atoms with Crippen LogP contribution in [0, 0.1) is 11.3 Å². The molecule has 0 amide bonds. The number of hydrogen-bond acceptors (Lipinski definition) is 6. The van der Waals surface area contributed by atoms with Crippen molar-refractivity contribution in [1.82, 2.24) is 9.88 Å². The Kier molecular flexibility index (Phi) is 8.72. The van der Waals surface area contributed by atoms with Gasteiger partial charge in [-0.1, -0.05) is 11.6 Å². The molecule has 1 aromatic heterocycles. The van der Waals surface area contributed by atoms with Gasteiger partial charge in [0.2, 0.25) is 0 Å². The third-order valence-corrected chi connectivity index (χ3v) is 6.74. The second-order valence-corrected chi connectivity index (χ2v) is 9.36. The molecule has 0 aliphatic carbocycles. The molecule has 0 radical (unpaired) electrons. The number of likely N-dealkylation sites (N-methyl/N-ethyl adjacent to an activating group) is 1. The number of aromatic amines is 1. The third-order valence-electron chi connectivity index (χ3n) is 5.28. The second kappa shape index (κ2) is 11.4. The van der Waals surface area contributed by atoms with E-state index in [1.54, 1.807) is 24.1 Å². The molecule has 6 nitrogen and oxygen atoms in total. The number of aliphatic hydroxyl groups excluding tert-OH is 1. The normalized spacial score (nSPS) is 12.7. The molecule has 0 aliphatic heterocycles. The molecule has 0 fully saturated rings. The zero-order valence-electron chi connectivity index (χ0n) is 18.9. The van der Waals surface area contributed by atoms with Crippen LogP contribution in [0.5, 0.6) is 5.75 Å². The van der Waals surface area contributed by atoms with E-state index in [0.29, 0.717) is 29.3 Å². The van der Waals surface area contributed by atoms with Gasteiger partial charge in [0.25, 0.3) is 5.56 Å². The minimum Gasteiger partial charge on any atom is -0.496 e. The quantitative estimate of drug-likeness (QED) is 0.374. The fourth-order valence-electron chi connectivity index (χ4n) is 3.66. The van der Waals surface area contributed by atoms with Crippen molar-refractivity contribution in [3.05, 3.63) is 57.3 Å². The number of thioether (sulfide) groups is 1. The van der Waals surface area contributed by atoms with E-state index in [9.17, 15) is 23.1 Å². The number of benzene rings is 2. The highest BCUT2D eigenvalue weighted by molar-refractivity contribution is 7.99. The van der Waals surface area contributed by atoms with Crippen LogP contribution in [0.3, 0.4) is 0 Å². The molecule has 11 heteroatoms. The Labute approximate surface area is 209 Å². The number of nitrogens with one attached hydrogen (secondary N) is 1. The van der Waals surface area contributed by atoms with Crippen molar-refractivity contribution in [3.63, 3.8) is 0 Å². The van der Waals surface area contributed by atoms with Crippen molar-refractivity contribution in [1.29, 1.82) is 5.26 Å². The van der Waals surface area contributed by atoms with E-state index in [-0.39, 0.29) is 33.7 Å². The number of nitrogens with zero attached hydrogens (tertiary/aromatic N) is 2. The number of alkyl halides is 3. The number of pyridine rings is 1. The van der Waals surface area contributed by atoms with Crippen LogP contribution < -0.4 is 10.3 Å². The van der Waals surface area contributed by atoms with Gasteiger partial charge in [-0.05, 0) is 43.4 Å². The summed E-state index contributed by atoms with van der Waals surface area (Å²) in [6.45, 7) is 0.730. The Balaban J connectivity index is 2.15. The molecular formula is C24H23ClF3N3O3S. The van der Waals surface area contributed by atoms with Crippen LogP contribution in [-0.2, 0) is 6.18 Å². The van der Waals surface area contributed by atoms with Crippen LogP contribution in [0.4, 0.5) is 13.2 Å². The van der Waals surface area contributed by atoms with E-state index >= 15 is 0 Å². The Morgan fingerprint density at radius 1 is 1.29 bits per heavy atom. The van der Waals surface area contributed by atoms with Crippen LogP contribution in [0.15, 0.2) is 46.1 Å². The summed E-state index contributed by atoms with van der Waals surface area (Å²) in [6.07, 6.45) is -5.13. The molecule has 3 aromatic rings. The van der Waals surface area contributed by atoms with Gasteiger partial charge in [0.15, 0.2) is 0 Å². The van der Waals surface area contributed by atoms with E-state index in [1.165, 1.54) is 19.2 Å². The van der Waals surface area contributed by atoms with Gasteiger partial charge in [-0.25, -0.2) is 0 Å². The van der Waals surface area contributed by atoms with Gasteiger partial charge in [-0.3, -0.25) is 4.79 Å². The van der Waals surface area contributed by atoms with E-state index in [1.807, 2.05) is 6.07 Å². The molecule has 0 aliphatic rings. The Bertz CT molecular complexity index is 1310. The number of methoxy groups -OCH3 is 1. The Morgan fingerprint density at radius 2 is 2.03 bits per heavy atom. The van der Waals surface area contributed by atoms with Crippen molar-refractivity contribution in [2.45, 2.75) is 23.6 Å². The molecule has 0 spiro atoms. The summed E-state index contributed by atoms with van der Waals surface area (Å²) < 4.78 is 46.0. The summed E-state index contributed by atoms with van der Waals surface area (Å²) >= 11 is 7.23. The maximum atomic E-state index is 13.5. The van der Waals surface area contributed by atoms with Crippen molar-refractivity contribution in [2.75, 3.05) is 33.0 Å². The first kappa shape index (κ1) is 26.9. The predicted octanol–water partition coefficient (Wildman–Crippen LogP) is 5.17. The standard InChI is InChI=1S/C24H23ClF3N3O3S/c1-31(9-3-8-29)12-16(32)13-35-22-21(18-11-15(25)5-7-20(18)34-2)17-10-14(24(26,27)28)4-6-19(17)30-23(22)33/h4-7,10-11,16,32H,3,9,12-13H2,1-2H3,(H,30,33). The Morgan fingerprint density at radius 3 is 2.69 bits per heavy atom. The van der Waals surface area contributed by atoms with Gasteiger partial charge < -0.3 is 19.7 Å². The predicted molar refractivity (Wildman–Crippen MR) is 131 cm³/mol. The molecule has 2 aromatic carbocycles. The minimum atomic E-state index is -4.59. The largest absolute Gasteiger partial charge is 0.496 e. The highest BCUT2D eigenvalue weighted by atomic mass is 35.5. The number of H-pyrrole nitrogens is 1. The molecule has 2 N–H and O–H groups in total. The van der Waals surface area contributed by atoms with Crippen LogP contribution >= 0.6 is 23.4 Å². The fourth-order valence-corrected chi connectivity index (χ4v) is 4.84. The van der Waals surface area contributed by atoms with Gasteiger partial charge in [-0.15, -0.1) is 11.8 Å². The number of halogens is 4.